The van der Waals surface area contributed by atoms with Gasteiger partial charge in [0.15, 0.2) is 0 Å². The number of hydrogen-bond acceptors (Lipinski definition) is 3. The molecule has 0 saturated heterocycles. The maximum atomic E-state index is 11.9. The Bertz CT molecular complexity index is 387. The van der Waals surface area contributed by atoms with Gasteiger partial charge in [0.25, 0.3) is 5.91 Å². The molecule has 0 saturated carbocycles. The predicted octanol–water partition coefficient (Wildman–Crippen LogP) is 1.18. The monoisotopic (exact) mass is 218 g/mol. The van der Waals surface area contributed by atoms with Crippen LogP contribution in [0.15, 0.2) is 30.3 Å². The third kappa shape index (κ3) is 2.76. The van der Waals surface area contributed by atoms with Crippen molar-refractivity contribution < 1.29 is 14.4 Å². The van der Waals surface area contributed by atoms with Crippen LogP contribution in [-0.2, 0) is 9.59 Å². The second-order valence-corrected chi connectivity index (χ2v) is 3.15. The van der Waals surface area contributed by atoms with Crippen LogP contribution in [0.2, 0.25) is 0 Å². The molecule has 83 valence electrons. The molecule has 16 heavy (non-hydrogen) atoms. The molecule has 1 radical (unpaired) electrons. The van der Waals surface area contributed by atoms with Gasteiger partial charge in [0.05, 0.1) is 6.54 Å². The summed E-state index contributed by atoms with van der Waals surface area (Å²) in [6.07, 6.45) is 1.75. The van der Waals surface area contributed by atoms with Gasteiger partial charge in [-0.1, -0.05) is 25.1 Å². The molecular weight excluding hydrogens is 206 g/mol. The van der Waals surface area contributed by atoms with E-state index in [1.807, 2.05) is 0 Å². The Kier molecular flexibility index (Phi) is 4.39. The largest absolute Gasteiger partial charge is 0.289 e. The van der Waals surface area contributed by atoms with Gasteiger partial charge in [0.1, 0.15) is 0 Å². The fourth-order valence-corrected chi connectivity index (χ4v) is 1.27. The Morgan fingerprint density at radius 3 is 2.38 bits per heavy atom. The minimum atomic E-state index is -0.462. The summed E-state index contributed by atoms with van der Waals surface area (Å²) in [6.45, 7) is 1.32. The molecule has 0 aliphatic heterocycles. The molecule has 0 aliphatic carbocycles. The topological polar surface area (TPSA) is 54.5 Å². The highest BCUT2D eigenvalue weighted by Crippen LogP contribution is 2.05. The Balaban J connectivity index is 2.91. The highest BCUT2D eigenvalue weighted by atomic mass is 16.2. The smallest absolute Gasteiger partial charge is 0.260 e. The lowest BCUT2D eigenvalue weighted by molar-refractivity contribution is -0.127. The lowest BCUT2D eigenvalue weighted by atomic mass is 10.2. The Morgan fingerprint density at radius 1 is 1.25 bits per heavy atom. The van der Waals surface area contributed by atoms with Crippen LogP contribution in [0.4, 0.5) is 0 Å². The molecule has 0 fully saturated rings. The van der Waals surface area contributed by atoms with Crippen LogP contribution < -0.4 is 0 Å². The van der Waals surface area contributed by atoms with Crippen LogP contribution in [0.1, 0.15) is 23.7 Å². The summed E-state index contributed by atoms with van der Waals surface area (Å²) in [7, 11) is 0. The fourth-order valence-electron chi connectivity index (χ4n) is 1.27. The van der Waals surface area contributed by atoms with Crippen LogP contribution in [0.25, 0.3) is 0 Å². The van der Waals surface area contributed by atoms with Crippen LogP contribution in [0.3, 0.4) is 0 Å². The van der Waals surface area contributed by atoms with Gasteiger partial charge in [-0.3, -0.25) is 19.3 Å². The maximum Gasteiger partial charge on any atom is 0.260 e. The molecule has 4 nitrogen and oxygen atoms in total. The average Bonchev–Trinajstić information content (AvgIpc) is 2.35. The minimum absolute atomic E-state index is 0.181. The molecule has 0 aromatic heterocycles. The summed E-state index contributed by atoms with van der Waals surface area (Å²) >= 11 is 0. The molecule has 1 rings (SSSR count). The van der Waals surface area contributed by atoms with E-state index in [1.54, 1.807) is 43.5 Å². The van der Waals surface area contributed by atoms with E-state index < -0.39 is 5.91 Å². The van der Waals surface area contributed by atoms with Gasteiger partial charge in [-0.2, -0.15) is 0 Å². The summed E-state index contributed by atoms with van der Waals surface area (Å²) in [5.41, 5.74) is 0.388. The second kappa shape index (κ2) is 5.80. The molecule has 0 heterocycles. The second-order valence-electron chi connectivity index (χ2n) is 3.15. The van der Waals surface area contributed by atoms with Gasteiger partial charge in [-0.05, 0) is 12.1 Å². The van der Waals surface area contributed by atoms with Crippen molar-refractivity contribution in [3.8, 4) is 0 Å². The first-order chi connectivity index (χ1) is 7.70. The number of carbonyl (C=O) groups is 2. The van der Waals surface area contributed by atoms with Crippen molar-refractivity contribution in [3.05, 3.63) is 35.9 Å². The van der Waals surface area contributed by atoms with Gasteiger partial charge in [0, 0.05) is 12.0 Å². The molecule has 0 bridgehead atoms. The first kappa shape index (κ1) is 12.1. The van der Waals surface area contributed by atoms with Crippen molar-refractivity contribution in [2.45, 2.75) is 13.3 Å². The zero-order valence-corrected chi connectivity index (χ0v) is 8.97. The number of amides is 2. The molecule has 0 atom stereocenters. The molecule has 0 N–H and O–H groups in total. The molecular formula is C12H12NO3. The molecule has 4 heteroatoms. The quantitative estimate of drug-likeness (QED) is 0.762. The number of rotatable bonds is 4. The minimum Gasteiger partial charge on any atom is -0.289 e. The van der Waals surface area contributed by atoms with E-state index in [-0.39, 0.29) is 18.9 Å². The zero-order valence-electron chi connectivity index (χ0n) is 8.97. The first-order valence-corrected chi connectivity index (χ1v) is 4.95. The normalized spacial score (nSPS) is 9.56. The van der Waals surface area contributed by atoms with Gasteiger partial charge in [-0.25, -0.2) is 0 Å². The van der Waals surface area contributed by atoms with E-state index in [0.29, 0.717) is 5.56 Å². The molecule has 1 aromatic carbocycles. The van der Waals surface area contributed by atoms with Crippen LogP contribution >= 0.6 is 0 Å². The van der Waals surface area contributed by atoms with Crippen molar-refractivity contribution in [1.82, 2.24) is 4.90 Å². The van der Waals surface area contributed by atoms with Gasteiger partial charge >= 0.3 is 0 Å². The summed E-state index contributed by atoms with van der Waals surface area (Å²) in [5, 5.41) is 0. The van der Waals surface area contributed by atoms with Crippen LogP contribution in [0.5, 0.6) is 0 Å². The highest BCUT2D eigenvalue weighted by molar-refractivity contribution is 6.05. The molecule has 1 aromatic rings. The number of benzene rings is 1. The lowest BCUT2D eigenvalue weighted by Crippen LogP contribution is -2.37. The summed E-state index contributed by atoms with van der Waals surface area (Å²) in [6, 6.07) is 8.37. The third-order valence-corrected chi connectivity index (χ3v) is 2.09. The maximum absolute atomic E-state index is 11.9. The van der Waals surface area contributed by atoms with Crippen molar-refractivity contribution in [2.75, 3.05) is 6.54 Å². The SMILES string of the molecule is CCC(=O)N(C[C]=O)C(=O)c1ccccc1. The molecule has 0 spiro atoms. The molecule has 0 unspecified atom stereocenters. The third-order valence-electron chi connectivity index (χ3n) is 2.09. The molecule has 0 aliphatic rings. The summed E-state index contributed by atoms with van der Waals surface area (Å²) in [5.74, 6) is -0.840. The number of carbonyl (C=O) groups excluding carboxylic acids is 3. The lowest BCUT2D eigenvalue weighted by Gasteiger charge is -2.16. The van der Waals surface area contributed by atoms with E-state index in [0.717, 1.165) is 4.90 Å². The number of imide groups is 1. The van der Waals surface area contributed by atoms with Crippen LogP contribution in [-0.4, -0.2) is 29.5 Å². The van der Waals surface area contributed by atoms with Crippen molar-refractivity contribution in [2.24, 2.45) is 0 Å². The van der Waals surface area contributed by atoms with Crippen molar-refractivity contribution in [3.63, 3.8) is 0 Å². The number of nitrogens with zero attached hydrogens (tertiary/aromatic N) is 1. The van der Waals surface area contributed by atoms with Gasteiger partial charge < -0.3 is 0 Å². The average molecular weight is 218 g/mol. The van der Waals surface area contributed by atoms with E-state index in [1.165, 1.54) is 0 Å². The zero-order chi connectivity index (χ0) is 12.0. The van der Waals surface area contributed by atoms with E-state index >= 15 is 0 Å². The van der Waals surface area contributed by atoms with E-state index in [4.69, 9.17) is 0 Å². The first-order valence-electron chi connectivity index (χ1n) is 4.95. The Morgan fingerprint density at radius 2 is 1.88 bits per heavy atom. The van der Waals surface area contributed by atoms with Gasteiger partial charge in [0.2, 0.25) is 12.2 Å². The van der Waals surface area contributed by atoms with Crippen molar-refractivity contribution >= 4 is 18.1 Å². The summed E-state index contributed by atoms with van der Waals surface area (Å²) in [4.78, 5) is 34.5. The molecule has 2 amide bonds. The van der Waals surface area contributed by atoms with E-state index in [2.05, 4.69) is 0 Å². The summed E-state index contributed by atoms with van der Waals surface area (Å²) < 4.78 is 0. The van der Waals surface area contributed by atoms with E-state index in [9.17, 15) is 14.4 Å². The van der Waals surface area contributed by atoms with Crippen molar-refractivity contribution in [1.29, 1.82) is 0 Å². The highest BCUT2D eigenvalue weighted by Gasteiger charge is 2.20. The van der Waals surface area contributed by atoms with Crippen LogP contribution in [0, 0.1) is 0 Å². The Labute approximate surface area is 93.9 Å². The Hall–Kier alpha value is -1.97. The standard InChI is InChI=1S/C12H12NO3/c1-2-11(15)13(8-9-14)12(16)10-6-4-3-5-7-10/h3-7H,2,8H2,1H3. The predicted molar refractivity (Wildman–Crippen MR) is 58.5 cm³/mol. The fraction of sp³-hybridized carbons (Fsp3) is 0.250. The number of hydrogen-bond donors (Lipinski definition) is 0. The van der Waals surface area contributed by atoms with Gasteiger partial charge in [-0.15, -0.1) is 0 Å².